The lowest BCUT2D eigenvalue weighted by molar-refractivity contribution is -0.137. The van der Waals surface area contributed by atoms with Crippen molar-refractivity contribution in [3.05, 3.63) is 65.2 Å². The summed E-state index contributed by atoms with van der Waals surface area (Å²) >= 11 is 0. The van der Waals surface area contributed by atoms with Crippen molar-refractivity contribution in [2.24, 2.45) is 5.92 Å². The maximum Gasteiger partial charge on any atom is 0.416 e. The molecule has 3 nitrogen and oxygen atoms in total. The summed E-state index contributed by atoms with van der Waals surface area (Å²) in [6.45, 7) is 0.360. The number of para-hydroxylation sites is 1. The zero-order valence-electron chi connectivity index (χ0n) is 13.6. The molecule has 2 atom stereocenters. The number of carbonyl (C=O) groups excluding carboxylic acids is 1. The van der Waals surface area contributed by atoms with Crippen molar-refractivity contribution < 1.29 is 22.7 Å². The third-order valence-corrected chi connectivity index (χ3v) is 4.44. The van der Waals surface area contributed by atoms with Crippen LogP contribution in [0.3, 0.4) is 0 Å². The number of rotatable bonds is 5. The Kier molecular flexibility index (Phi) is 4.70. The number of ether oxygens (including phenoxy) is 1. The topological polar surface area (TPSA) is 38.3 Å². The van der Waals surface area contributed by atoms with E-state index in [4.69, 9.17) is 4.74 Å². The highest BCUT2D eigenvalue weighted by atomic mass is 19.4. The van der Waals surface area contributed by atoms with Crippen LogP contribution in [0.4, 0.5) is 13.2 Å². The lowest BCUT2D eigenvalue weighted by atomic mass is 10.1. The van der Waals surface area contributed by atoms with E-state index in [1.165, 1.54) is 12.1 Å². The Morgan fingerprint density at radius 2 is 1.84 bits per heavy atom. The van der Waals surface area contributed by atoms with Gasteiger partial charge in [-0.3, -0.25) is 4.79 Å². The first kappa shape index (κ1) is 17.3. The molecule has 3 rings (SSSR count). The molecular formula is C19H18F3NO2. The van der Waals surface area contributed by atoms with Gasteiger partial charge in [-0.2, -0.15) is 13.2 Å². The second-order valence-corrected chi connectivity index (χ2v) is 6.10. The van der Waals surface area contributed by atoms with Crippen molar-refractivity contribution in [3.63, 3.8) is 0 Å². The minimum Gasteiger partial charge on any atom is -0.496 e. The Morgan fingerprint density at radius 1 is 1.16 bits per heavy atom. The van der Waals surface area contributed by atoms with E-state index in [9.17, 15) is 18.0 Å². The second-order valence-electron chi connectivity index (χ2n) is 6.10. The maximum absolute atomic E-state index is 12.6. The number of hydrogen-bond acceptors (Lipinski definition) is 2. The zero-order chi connectivity index (χ0) is 18.0. The van der Waals surface area contributed by atoms with Gasteiger partial charge in [0.2, 0.25) is 5.91 Å². The first-order valence-corrected chi connectivity index (χ1v) is 7.97. The van der Waals surface area contributed by atoms with Gasteiger partial charge in [0, 0.05) is 18.0 Å². The summed E-state index contributed by atoms with van der Waals surface area (Å²) in [6, 6.07) is 12.5. The van der Waals surface area contributed by atoms with Crippen LogP contribution >= 0.6 is 0 Å². The van der Waals surface area contributed by atoms with Crippen molar-refractivity contribution in [2.75, 3.05) is 7.11 Å². The van der Waals surface area contributed by atoms with Gasteiger partial charge < -0.3 is 10.1 Å². The first-order valence-electron chi connectivity index (χ1n) is 7.97. The number of alkyl halides is 3. The summed E-state index contributed by atoms with van der Waals surface area (Å²) < 4.78 is 43.0. The summed E-state index contributed by atoms with van der Waals surface area (Å²) in [6.07, 6.45) is -3.68. The van der Waals surface area contributed by atoms with E-state index in [0.29, 0.717) is 18.7 Å². The van der Waals surface area contributed by atoms with E-state index in [-0.39, 0.29) is 17.7 Å². The number of carbonyl (C=O) groups is 1. The van der Waals surface area contributed by atoms with Gasteiger partial charge in [0.25, 0.3) is 0 Å². The fourth-order valence-electron chi connectivity index (χ4n) is 2.93. The number of methoxy groups -OCH3 is 1. The largest absolute Gasteiger partial charge is 0.496 e. The van der Waals surface area contributed by atoms with Crippen LogP contribution in [0.25, 0.3) is 0 Å². The Hall–Kier alpha value is -2.50. The van der Waals surface area contributed by atoms with Crippen molar-refractivity contribution in [3.8, 4) is 5.75 Å². The Balaban J connectivity index is 1.57. The van der Waals surface area contributed by atoms with Crippen molar-refractivity contribution in [1.82, 2.24) is 5.32 Å². The molecule has 0 radical (unpaired) electrons. The van der Waals surface area contributed by atoms with Gasteiger partial charge in [-0.05, 0) is 36.1 Å². The first-order chi connectivity index (χ1) is 11.9. The number of halogens is 3. The SMILES string of the molecule is COc1ccccc1CNC(=O)C1CC1c1ccc(C(F)(F)F)cc1. The molecule has 0 saturated heterocycles. The fraction of sp³-hybridized carbons (Fsp3) is 0.316. The van der Waals surface area contributed by atoms with E-state index in [0.717, 1.165) is 23.3 Å². The molecule has 0 aliphatic heterocycles. The molecular weight excluding hydrogens is 331 g/mol. The monoisotopic (exact) mass is 349 g/mol. The molecule has 1 saturated carbocycles. The molecule has 1 N–H and O–H groups in total. The van der Waals surface area contributed by atoms with Gasteiger partial charge in [0.15, 0.2) is 0 Å². The molecule has 0 aromatic heterocycles. The summed E-state index contributed by atoms with van der Waals surface area (Å²) in [7, 11) is 1.57. The Bertz CT molecular complexity index is 756. The molecule has 0 bridgehead atoms. The van der Waals surface area contributed by atoms with Crippen LogP contribution in [0.5, 0.6) is 5.75 Å². The molecule has 2 unspecified atom stereocenters. The van der Waals surface area contributed by atoms with E-state index in [2.05, 4.69) is 5.32 Å². The number of hydrogen-bond donors (Lipinski definition) is 1. The van der Waals surface area contributed by atoms with Crippen LogP contribution in [-0.4, -0.2) is 13.0 Å². The summed E-state index contributed by atoms with van der Waals surface area (Å²) in [5.74, 6) is 0.417. The average Bonchev–Trinajstić information content (AvgIpc) is 3.40. The van der Waals surface area contributed by atoms with Crippen LogP contribution in [0, 0.1) is 5.92 Å². The molecule has 0 spiro atoms. The normalized spacial score (nSPS) is 19.4. The quantitative estimate of drug-likeness (QED) is 0.881. The molecule has 2 aromatic rings. The van der Waals surface area contributed by atoms with Gasteiger partial charge in [0.1, 0.15) is 5.75 Å². The fourth-order valence-corrected chi connectivity index (χ4v) is 2.93. The summed E-state index contributed by atoms with van der Waals surface area (Å²) in [5, 5.41) is 2.87. The molecule has 1 aliphatic rings. The van der Waals surface area contributed by atoms with Crippen LogP contribution in [0.1, 0.15) is 29.0 Å². The third-order valence-electron chi connectivity index (χ3n) is 4.44. The van der Waals surface area contributed by atoms with E-state index >= 15 is 0 Å². The highest BCUT2D eigenvalue weighted by Gasteiger charge is 2.44. The lowest BCUT2D eigenvalue weighted by Gasteiger charge is -2.10. The van der Waals surface area contributed by atoms with Crippen molar-refractivity contribution >= 4 is 5.91 Å². The van der Waals surface area contributed by atoms with Gasteiger partial charge >= 0.3 is 6.18 Å². The van der Waals surface area contributed by atoms with Gasteiger partial charge in [0.05, 0.1) is 12.7 Å². The van der Waals surface area contributed by atoms with Crippen LogP contribution in [0.2, 0.25) is 0 Å². The molecule has 1 fully saturated rings. The Morgan fingerprint density at radius 3 is 2.48 bits per heavy atom. The maximum atomic E-state index is 12.6. The Labute approximate surface area is 143 Å². The highest BCUT2D eigenvalue weighted by molar-refractivity contribution is 5.82. The number of amides is 1. The lowest BCUT2D eigenvalue weighted by Crippen LogP contribution is -2.25. The van der Waals surface area contributed by atoms with Gasteiger partial charge in [-0.15, -0.1) is 0 Å². The molecule has 132 valence electrons. The van der Waals surface area contributed by atoms with Crippen LogP contribution in [-0.2, 0) is 17.5 Å². The second kappa shape index (κ2) is 6.78. The predicted octanol–water partition coefficient (Wildman–Crippen LogP) is 4.13. The van der Waals surface area contributed by atoms with Crippen LogP contribution in [0.15, 0.2) is 48.5 Å². The minimum atomic E-state index is -4.34. The van der Waals surface area contributed by atoms with E-state index in [1.54, 1.807) is 7.11 Å². The highest BCUT2D eigenvalue weighted by Crippen LogP contribution is 2.48. The zero-order valence-corrected chi connectivity index (χ0v) is 13.6. The molecule has 1 amide bonds. The summed E-state index contributed by atoms with van der Waals surface area (Å²) in [5.41, 5.74) is 0.976. The number of nitrogens with one attached hydrogen (secondary N) is 1. The third kappa shape index (κ3) is 3.95. The van der Waals surface area contributed by atoms with E-state index < -0.39 is 11.7 Å². The minimum absolute atomic E-state index is 0.0139. The average molecular weight is 349 g/mol. The van der Waals surface area contributed by atoms with Crippen molar-refractivity contribution in [1.29, 1.82) is 0 Å². The van der Waals surface area contributed by atoms with Gasteiger partial charge in [-0.1, -0.05) is 30.3 Å². The molecule has 1 aliphatic carbocycles. The van der Waals surface area contributed by atoms with Crippen molar-refractivity contribution in [2.45, 2.75) is 25.1 Å². The summed E-state index contributed by atoms with van der Waals surface area (Å²) in [4.78, 5) is 12.3. The number of benzene rings is 2. The molecule has 6 heteroatoms. The van der Waals surface area contributed by atoms with Gasteiger partial charge in [-0.25, -0.2) is 0 Å². The molecule has 0 heterocycles. The standard InChI is InChI=1S/C19H18F3NO2/c1-25-17-5-3-2-4-13(17)11-23-18(24)16-10-15(16)12-6-8-14(9-7-12)19(20,21)22/h2-9,15-16H,10-11H2,1H3,(H,23,24). The predicted molar refractivity (Wildman–Crippen MR) is 87.1 cm³/mol. The van der Waals surface area contributed by atoms with Crippen LogP contribution < -0.4 is 10.1 Å². The van der Waals surface area contributed by atoms with E-state index in [1.807, 2.05) is 24.3 Å². The molecule has 25 heavy (non-hydrogen) atoms. The molecule has 2 aromatic carbocycles. The smallest absolute Gasteiger partial charge is 0.416 e.